The molecule has 0 bridgehead atoms. The Morgan fingerprint density at radius 1 is 1.05 bits per heavy atom. The summed E-state index contributed by atoms with van der Waals surface area (Å²) in [7, 11) is 4.01. The number of hydrogen-bond acceptors (Lipinski definition) is 5. The molecule has 0 unspecified atom stereocenters. The van der Waals surface area contributed by atoms with Gasteiger partial charge in [0.2, 0.25) is 0 Å². The number of fused-ring (bicyclic) bond motifs is 1. The van der Waals surface area contributed by atoms with Crippen molar-refractivity contribution in [2.75, 3.05) is 32.2 Å². The van der Waals surface area contributed by atoms with Gasteiger partial charge in [0.25, 0.3) is 0 Å². The minimum Gasteiger partial charge on any atom is -0.486 e. The van der Waals surface area contributed by atoms with Crippen LogP contribution in [-0.4, -0.2) is 32.3 Å². The van der Waals surface area contributed by atoms with Crippen molar-refractivity contribution >= 4 is 5.82 Å². The van der Waals surface area contributed by atoms with Crippen LogP contribution in [0.2, 0.25) is 0 Å². The molecule has 1 N–H and O–H groups in total. The third-order valence-electron chi connectivity index (χ3n) is 3.57. The van der Waals surface area contributed by atoms with Gasteiger partial charge in [0.1, 0.15) is 19.0 Å². The maximum Gasteiger partial charge on any atom is 0.165 e. The summed E-state index contributed by atoms with van der Waals surface area (Å²) in [4.78, 5) is 6.44. The molecule has 116 valence electrons. The number of anilines is 1. The molecular weight excluding hydrogens is 278 g/mol. The normalized spacial score (nSPS) is 13.0. The molecule has 1 aliphatic heterocycles. The van der Waals surface area contributed by atoms with Crippen LogP contribution in [0.25, 0.3) is 0 Å². The van der Waals surface area contributed by atoms with Crippen molar-refractivity contribution in [3.05, 3.63) is 47.7 Å². The molecule has 0 saturated carbocycles. The average molecular weight is 299 g/mol. The summed E-state index contributed by atoms with van der Waals surface area (Å²) < 4.78 is 11.3. The van der Waals surface area contributed by atoms with E-state index in [0.717, 1.165) is 36.0 Å². The fraction of sp³-hybridized carbons (Fsp3) is 0.353. The maximum atomic E-state index is 5.73. The predicted molar refractivity (Wildman–Crippen MR) is 86.5 cm³/mol. The van der Waals surface area contributed by atoms with Crippen LogP contribution in [0.3, 0.4) is 0 Å². The monoisotopic (exact) mass is 299 g/mol. The number of aromatic nitrogens is 1. The Kier molecular flexibility index (Phi) is 4.44. The van der Waals surface area contributed by atoms with E-state index in [4.69, 9.17) is 9.47 Å². The Morgan fingerprint density at radius 3 is 2.68 bits per heavy atom. The zero-order valence-electron chi connectivity index (χ0n) is 13.0. The first kappa shape index (κ1) is 14.7. The van der Waals surface area contributed by atoms with Crippen LogP contribution < -0.4 is 19.7 Å². The quantitative estimate of drug-likeness (QED) is 0.917. The number of ether oxygens (including phenoxy) is 2. The van der Waals surface area contributed by atoms with E-state index in [9.17, 15) is 0 Å². The number of hydrogen-bond donors (Lipinski definition) is 1. The van der Waals surface area contributed by atoms with Gasteiger partial charge in [0.05, 0.1) is 0 Å². The molecule has 0 radical (unpaired) electrons. The molecule has 0 amide bonds. The van der Waals surface area contributed by atoms with Gasteiger partial charge in [-0.15, -0.1) is 0 Å². The molecule has 5 heteroatoms. The molecule has 1 aromatic carbocycles. The highest BCUT2D eigenvalue weighted by Gasteiger charge is 2.15. The highest BCUT2D eigenvalue weighted by atomic mass is 16.6. The third-order valence-corrected chi connectivity index (χ3v) is 3.57. The highest BCUT2D eigenvalue weighted by molar-refractivity contribution is 5.48. The van der Waals surface area contributed by atoms with E-state index in [2.05, 4.69) is 22.4 Å². The van der Waals surface area contributed by atoms with Crippen LogP contribution in [0, 0.1) is 0 Å². The molecule has 2 heterocycles. The van der Waals surface area contributed by atoms with E-state index in [0.29, 0.717) is 13.2 Å². The minimum absolute atomic E-state index is 0.609. The van der Waals surface area contributed by atoms with Gasteiger partial charge < -0.3 is 19.7 Å². The molecule has 0 aliphatic carbocycles. The van der Waals surface area contributed by atoms with E-state index in [1.165, 1.54) is 5.56 Å². The molecule has 1 aliphatic rings. The Morgan fingerprint density at radius 2 is 1.82 bits per heavy atom. The molecule has 22 heavy (non-hydrogen) atoms. The highest BCUT2D eigenvalue weighted by Crippen LogP contribution is 2.33. The molecule has 5 nitrogen and oxygen atoms in total. The second kappa shape index (κ2) is 6.66. The van der Waals surface area contributed by atoms with Crippen LogP contribution in [0.1, 0.15) is 11.1 Å². The van der Waals surface area contributed by atoms with E-state index < -0.39 is 0 Å². The van der Waals surface area contributed by atoms with Gasteiger partial charge in [-0.1, -0.05) is 18.2 Å². The largest absolute Gasteiger partial charge is 0.486 e. The van der Waals surface area contributed by atoms with Crippen molar-refractivity contribution in [2.24, 2.45) is 0 Å². The SMILES string of the molecule is CN(C)c1ncccc1CNCc1cccc2c1OCCO2. The van der Waals surface area contributed by atoms with Crippen molar-refractivity contribution < 1.29 is 9.47 Å². The summed E-state index contributed by atoms with van der Waals surface area (Å²) in [5, 5.41) is 3.46. The number of rotatable bonds is 5. The predicted octanol–water partition coefficient (Wildman–Crippen LogP) is 2.21. The number of nitrogens with zero attached hydrogens (tertiary/aromatic N) is 2. The van der Waals surface area contributed by atoms with Crippen molar-refractivity contribution in [2.45, 2.75) is 13.1 Å². The van der Waals surface area contributed by atoms with Crippen molar-refractivity contribution in [3.8, 4) is 11.5 Å². The summed E-state index contributed by atoms with van der Waals surface area (Å²) >= 11 is 0. The Balaban J connectivity index is 1.67. The lowest BCUT2D eigenvalue weighted by atomic mass is 10.1. The molecule has 0 saturated heterocycles. The fourth-order valence-electron chi connectivity index (χ4n) is 2.58. The number of nitrogens with one attached hydrogen (secondary N) is 1. The van der Waals surface area contributed by atoms with Crippen molar-refractivity contribution in [1.29, 1.82) is 0 Å². The standard InChI is InChI=1S/C17H21N3O2/c1-20(2)17-14(6-4-8-19-17)12-18-11-13-5-3-7-15-16(13)22-10-9-21-15/h3-8,18H,9-12H2,1-2H3. The van der Waals surface area contributed by atoms with Crippen molar-refractivity contribution in [1.82, 2.24) is 10.3 Å². The van der Waals surface area contributed by atoms with E-state index in [1.54, 1.807) is 0 Å². The Bertz CT molecular complexity index is 644. The lowest BCUT2D eigenvalue weighted by Gasteiger charge is -2.21. The van der Waals surface area contributed by atoms with E-state index in [1.807, 2.05) is 43.4 Å². The molecular formula is C17H21N3O2. The summed E-state index contributed by atoms with van der Waals surface area (Å²) in [5.41, 5.74) is 2.29. The zero-order valence-corrected chi connectivity index (χ0v) is 13.0. The lowest BCUT2D eigenvalue weighted by molar-refractivity contribution is 0.169. The van der Waals surface area contributed by atoms with Gasteiger partial charge in [-0.2, -0.15) is 0 Å². The third kappa shape index (κ3) is 3.14. The van der Waals surface area contributed by atoms with Gasteiger partial charge in [-0.05, 0) is 12.1 Å². The number of pyridine rings is 1. The molecule has 0 atom stereocenters. The van der Waals surface area contributed by atoms with Crippen LogP contribution in [-0.2, 0) is 13.1 Å². The summed E-state index contributed by atoms with van der Waals surface area (Å²) in [6, 6.07) is 10.1. The Hall–Kier alpha value is -2.27. The lowest BCUT2D eigenvalue weighted by Crippen LogP contribution is -2.20. The number of benzene rings is 1. The van der Waals surface area contributed by atoms with Crippen molar-refractivity contribution in [3.63, 3.8) is 0 Å². The maximum absolute atomic E-state index is 5.73. The second-order valence-electron chi connectivity index (χ2n) is 5.43. The summed E-state index contributed by atoms with van der Waals surface area (Å²) in [5.74, 6) is 2.69. The Labute approximate surface area is 130 Å². The fourth-order valence-corrected chi connectivity index (χ4v) is 2.58. The summed E-state index contributed by atoms with van der Waals surface area (Å²) in [6.07, 6.45) is 1.82. The van der Waals surface area contributed by atoms with Gasteiger partial charge in [0.15, 0.2) is 11.5 Å². The van der Waals surface area contributed by atoms with Crippen LogP contribution in [0.4, 0.5) is 5.82 Å². The van der Waals surface area contributed by atoms with Gasteiger partial charge in [-0.25, -0.2) is 4.98 Å². The molecule has 3 rings (SSSR count). The zero-order chi connectivity index (χ0) is 15.4. The van der Waals surface area contributed by atoms with E-state index in [-0.39, 0.29) is 0 Å². The molecule has 1 aromatic heterocycles. The first-order chi connectivity index (χ1) is 10.8. The smallest absolute Gasteiger partial charge is 0.165 e. The van der Waals surface area contributed by atoms with E-state index >= 15 is 0 Å². The minimum atomic E-state index is 0.609. The molecule has 0 spiro atoms. The first-order valence-corrected chi connectivity index (χ1v) is 7.45. The summed E-state index contributed by atoms with van der Waals surface area (Å²) in [6.45, 7) is 2.71. The first-order valence-electron chi connectivity index (χ1n) is 7.45. The molecule has 0 fully saturated rings. The van der Waals surface area contributed by atoms with Crippen LogP contribution in [0.15, 0.2) is 36.5 Å². The van der Waals surface area contributed by atoms with Gasteiger partial charge in [-0.3, -0.25) is 0 Å². The van der Waals surface area contributed by atoms with Gasteiger partial charge >= 0.3 is 0 Å². The number of para-hydroxylation sites is 1. The average Bonchev–Trinajstić information content (AvgIpc) is 2.55. The van der Waals surface area contributed by atoms with Crippen LogP contribution >= 0.6 is 0 Å². The topological polar surface area (TPSA) is 46.6 Å². The second-order valence-corrected chi connectivity index (χ2v) is 5.43. The van der Waals surface area contributed by atoms with Crippen LogP contribution in [0.5, 0.6) is 11.5 Å². The molecule has 2 aromatic rings. The van der Waals surface area contributed by atoms with Gasteiger partial charge in [0, 0.05) is 44.5 Å².